The summed E-state index contributed by atoms with van der Waals surface area (Å²) in [5, 5.41) is 25.1. The Morgan fingerprint density at radius 2 is 1.18 bits per heavy atom. The zero-order valence-corrected chi connectivity index (χ0v) is 29.8. The quantitative estimate of drug-likeness (QED) is 0.118. The highest BCUT2D eigenvalue weighted by atomic mass is 16.5. The Kier molecular flexibility index (Phi) is 19.0. The number of aliphatic hydroxyl groups is 1. The molecule has 0 aliphatic heterocycles. The molecule has 0 bridgehead atoms. The van der Waals surface area contributed by atoms with Crippen LogP contribution >= 0.6 is 0 Å². The van der Waals surface area contributed by atoms with Crippen LogP contribution in [0.2, 0.25) is 0 Å². The molecule has 0 aliphatic carbocycles. The van der Waals surface area contributed by atoms with Crippen molar-refractivity contribution in [2.45, 2.75) is 139 Å². The molecule has 0 saturated heterocycles. The molecule has 0 aliphatic rings. The normalized spacial score (nSPS) is 15.7. The van der Waals surface area contributed by atoms with E-state index in [0.29, 0.717) is 31.2 Å². The molecule has 0 spiro atoms. The molecule has 0 heterocycles. The molecule has 5 atom stereocenters. The van der Waals surface area contributed by atoms with E-state index in [4.69, 9.17) is 4.74 Å². The van der Waals surface area contributed by atoms with E-state index in [1.54, 1.807) is 34.6 Å². The number of alkyl carbamates (subject to hydrolysis) is 1. The molecule has 5 amide bonds. The lowest BCUT2D eigenvalue weighted by Gasteiger charge is -2.36. The van der Waals surface area contributed by atoms with E-state index in [1.807, 2.05) is 27.7 Å². The van der Waals surface area contributed by atoms with Gasteiger partial charge in [-0.15, -0.1) is 0 Å². The van der Waals surface area contributed by atoms with Gasteiger partial charge in [0.2, 0.25) is 23.6 Å². The van der Waals surface area contributed by atoms with Gasteiger partial charge in [-0.1, -0.05) is 69.2 Å². The molecule has 262 valence electrons. The molecule has 2 unspecified atom stereocenters. The second-order valence-electron chi connectivity index (χ2n) is 14.4. The zero-order chi connectivity index (χ0) is 35.1. The van der Waals surface area contributed by atoms with Crippen molar-refractivity contribution in [2.75, 3.05) is 13.2 Å². The van der Waals surface area contributed by atoms with Crippen LogP contribution in [0.25, 0.3) is 0 Å². The summed E-state index contributed by atoms with van der Waals surface area (Å²) in [6.07, 6.45) is 0.801. The molecule has 6 N–H and O–H groups in total. The van der Waals surface area contributed by atoms with E-state index >= 15 is 0 Å². The first-order chi connectivity index (χ1) is 20.7. The highest BCUT2D eigenvalue weighted by molar-refractivity contribution is 5.92. The van der Waals surface area contributed by atoms with Crippen molar-refractivity contribution in [2.24, 2.45) is 29.6 Å². The Labute approximate surface area is 271 Å². The average molecular weight is 642 g/mol. The van der Waals surface area contributed by atoms with Crippen LogP contribution in [0.5, 0.6) is 0 Å². The highest BCUT2D eigenvalue weighted by Crippen LogP contribution is 2.22. The Morgan fingerprint density at radius 3 is 1.67 bits per heavy atom. The Balaban J connectivity index is 5.58. The molecule has 0 radical (unpaired) electrons. The van der Waals surface area contributed by atoms with Crippen molar-refractivity contribution in [3.8, 4) is 0 Å². The molecular formula is C33H63N5O7. The number of carbonyl (C=O) groups excluding carboxylic acids is 5. The van der Waals surface area contributed by atoms with Gasteiger partial charge in [0.1, 0.15) is 18.1 Å². The Hall–Kier alpha value is -2.89. The maximum absolute atomic E-state index is 13.6. The van der Waals surface area contributed by atoms with Gasteiger partial charge in [-0.25, -0.2) is 4.79 Å². The topological polar surface area (TPSA) is 175 Å². The first-order valence-electron chi connectivity index (χ1n) is 16.5. The molecule has 12 nitrogen and oxygen atoms in total. The van der Waals surface area contributed by atoms with Crippen LogP contribution in [0.1, 0.15) is 109 Å². The van der Waals surface area contributed by atoms with Crippen LogP contribution in [0, 0.1) is 29.6 Å². The third-order valence-corrected chi connectivity index (χ3v) is 7.48. The number of carbonyl (C=O) groups is 5. The smallest absolute Gasteiger partial charge is 0.407 e. The van der Waals surface area contributed by atoms with Crippen LogP contribution in [-0.4, -0.2) is 77.7 Å². The fourth-order valence-corrected chi connectivity index (χ4v) is 4.51. The van der Waals surface area contributed by atoms with Gasteiger partial charge >= 0.3 is 6.09 Å². The fraction of sp³-hybridized carbons (Fsp3) is 0.848. The van der Waals surface area contributed by atoms with Gasteiger partial charge < -0.3 is 36.4 Å². The van der Waals surface area contributed by atoms with Gasteiger partial charge in [-0.05, 0) is 62.7 Å². The van der Waals surface area contributed by atoms with Crippen molar-refractivity contribution in [3.63, 3.8) is 0 Å². The van der Waals surface area contributed by atoms with Crippen LogP contribution in [-0.2, 0) is 23.9 Å². The van der Waals surface area contributed by atoms with Crippen LogP contribution in [0.15, 0.2) is 0 Å². The van der Waals surface area contributed by atoms with Gasteiger partial charge in [0.05, 0.1) is 24.7 Å². The highest BCUT2D eigenvalue weighted by Gasteiger charge is 2.39. The second-order valence-corrected chi connectivity index (χ2v) is 14.4. The lowest BCUT2D eigenvalue weighted by molar-refractivity contribution is -0.135. The lowest BCUT2D eigenvalue weighted by Crippen LogP contribution is -2.61. The van der Waals surface area contributed by atoms with E-state index in [9.17, 15) is 29.1 Å². The summed E-state index contributed by atoms with van der Waals surface area (Å²) in [4.78, 5) is 64.5. The number of hydrogen-bond donors (Lipinski definition) is 6. The molecule has 45 heavy (non-hydrogen) atoms. The van der Waals surface area contributed by atoms with E-state index in [2.05, 4.69) is 40.4 Å². The van der Waals surface area contributed by atoms with Crippen molar-refractivity contribution in [1.82, 2.24) is 26.6 Å². The summed E-state index contributed by atoms with van der Waals surface area (Å²) in [7, 11) is 0. The predicted molar refractivity (Wildman–Crippen MR) is 176 cm³/mol. The summed E-state index contributed by atoms with van der Waals surface area (Å²) < 4.78 is 5.21. The number of hydrogen-bond acceptors (Lipinski definition) is 7. The monoisotopic (exact) mass is 641 g/mol. The first-order valence-corrected chi connectivity index (χ1v) is 16.5. The largest absolute Gasteiger partial charge is 0.450 e. The van der Waals surface area contributed by atoms with Gasteiger partial charge in [-0.3, -0.25) is 19.2 Å². The number of rotatable bonds is 20. The number of ether oxygens (including phenoxy) is 1. The number of amides is 5. The summed E-state index contributed by atoms with van der Waals surface area (Å²) in [5.74, 6) is -1.68. The van der Waals surface area contributed by atoms with Crippen molar-refractivity contribution in [3.05, 3.63) is 0 Å². The molecule has 0 rings (SSSR count). The number of nitrogens with one attached hydrogen (secondary N) is 5. The maximum Gasteiger partial charge on any atom is 0.407 e. The SMILES string of the molecule is CC(C)CCNC(=O)[C@H](C)NC(=O)C[C@@](C)(O)[C@H](CC(C)C)NC(=O)C(NC(=O)C(NC(=O)OCCC(C)C)C(C)C)C(C)C. The van der Waals surface area contributed by atoms with E-state index < -0.39 is 53.6 Å². The van der Waals surface area contributed by atoms with Crippen LogP contribution in [0.4, 0.5) is 4.79 Å². The molecule has 0 aromatic carbocycles. The summed E-state index contributed by atoms with van der Waals surface area (Å²) in [6.45, 7) is 22.9. The summed E-state index contributed by atoms with van der Waals surface area (Å²) in [5.41, 5.74) is -1.66. The first kappa shape index (κ1) is 42.1. The van der Waals surface area contributed by atoms with Gasteiger partial charge in [0.25, 0.3) is 0 Å². The summed E-state index contributed by atoms with van der Waals surface area (Å²) in [6, 6.07) is -3.55. The lowest BCUT2D eigenvalue weighted by atomic mass is 9.85. The van der Waals surface area contributed by atoms with E-state index in [-0.39, 0.29) is 36.7 Å². The van der Waals surface area contributed by atoms with Crippen LogP contribution < -0.4 is 26.6 Å². The average Bonchev–Trinajstić information content (AvgIpc) is 2.88. The maximum atomic E-state index is 13.6. The Morgan fingerprint density at radius 1 is 0.667 bits per heavy atom. The minimum absolute atomic E-state index is 0.0545. The van der Waals surface area contributed by atoms with Gasteiger partial charge in [0.15, 0.2) is 0 Å². The second kappa shape index (κ2) is 20.3. The van der Waals surface area contributed by atoms with Crippen molar-refractivity contribution in [1.29, 1.82) is 0 Å². The predicted octanol–water partition coefficient (Wildman–Crippen LogP) is 3.26. The van der Waals surface area contributed by atoms with Gasteiger partial charge in [-0.2, -0.15) is 0 Å². The Bertz CT molecular complexity index is 950. The van der Waals surface area contributed by atoms with Crippen molar-refractivity contribution >= 4 is 29.7 Å². The van der Waals surface area contributed by atoms with Crippen molar-refractivity contribution < 1.29 is 33.8 Å². The van der Waals surface area contributed by atoms with E-state index in [1.165, 1.54) is 6.92 Å². The molecule has 0 fully saturated rings. The molecular weight excluding hydrogens is 578 g/mol. The molecule has 0 saturated carbocycles. The minimum Gasteiger partial charge on any atom is -0.450 e. The third kappa shape index (κ3) is 17.4. The fourth-order valence-electron chi connectivity index (χ4n) is 4.51. The molecule has 12 heteroatoms. The minimum atomic E-state index is -1.66. The molecule has 0 aromatic rings. The third-order valence-electron chi connectivity index (χ3n) is 7.48. The van der Waals surface area contributed by atoms with E-state index in [0.717, 1.165) is 6.42 Å². The summed E-state index contributed by atoms with van der Waals surface area (Å²) >= 11 is 0. The standard InChI is InChI=1S/C33H63N5O7/c1-19(2)13-15-34-29(40)24(11)35-26(39)18-33(12,44)25(17-21(5)6)36-30(41)27(22(7)8)37-31(42)28(23(9)10)38-32(43)45-16-14-20(3)4/h19-25,27-28,44H,13-18H2,1-12H3,(H,34,40)(H,35,39)(H,36,41)(H,37,42)(H,38,43)/t24-,25-,27?,28?,33+/m0/s1. The molecule has 0 aromatic heterocycles. The van der Waals surface area contributed by atoms with Gasteiger partial charge in [0, 0.05) is 6.54 Å². The van der Waals surface area contributed by atoms with Crippen LogP contribution in [0.3, 0.4) is 0 Å². The zero-order valence-electron chi connectivity index (χ0n) is 29.8.